The second-order valence-corrected chi connectivity index (χ2v) is 4.74. The third-order valence-electron chi connectivity index (χ3n) is 3.29. The van der Waals surface area contributed by atoms with Crippen molar-refractivity contribution >= 4 is 0 Å². The van der Waals surface area contributed by atoms with Gasteiger partial charge in [0.05, 0.1) is 0 Å². The van der Waals surface area contributed by atoms with E-state index in [-0.39, 0.29) is 0 Å². The predicted octanol–water partition coefficient (Wildman–Crippen LogP) is 2.89. The normalized spacial score (nSPS) is 15.6. The molecular formula is C13H30N2. The van der Waals surface area contributed by atoms with Crippen molar-refractivity contribution in [3.8, 4) is 0 Å². The molecule has 2 nitrogen and oxygen atoms in total. The Balaban J connectivity index is 3.43. The molecule has 0 spiro atoms. The number of hydrogen-bond acceptors (Lipinski definition) is 2. The number of nitrogens with zero attached hydrogens (tertiary/aromatic N) is 1. The standard InChI is InChI=1S/C13H30N2/c1-6-8-9-12(3)14-10-11-15(5)13(4)7-2/h12-14H,6-11H2,1-5H3. The van der Waals surface area contributed by atoms with Crippen molar-refractivity contribution in [2.45, 2.75) is 65.5 Å². The summed E-state index contributed by atoms with van der Waals surface area (Å²) in [4.78, 5) is 2.43. The second kappa shape index (κ2) is 9.17. The van der Waals surface area contributed by atoms with Crippen LogP contribution in [0.3, 0.4) is 0 Å². The zero-order valence-corrected chi connectivity index (χ0v) is 11.3. The van der Waals surface area contributed by atoms with E-state index in [1.165, 1.54) is 25.7 Å². The molecule has 0 aromatic carbocycles. The average Bonchev–Trinajstić information content (AvgIpc) is 2.24. The maximum absolute atomic E-state index is 3.59. The summed E-state index contributed by atoms with van der Waals surface area (Å²) in [6.45, 7) is 11.4. The first-order chi connectivity index (χ1) is 7.11. The molecule has 0 fully saturated rings. The van der Waals surface area contributed by atoms with E-state index in [1.807, 2.05) is 0 Å². The van der Waals surface area contributed by atoms with Gasteiger partial charge in [-0.15, -0.1) is 0 Å². The Labute approximate surface area is 96.4 Å². The minimum Gasteiger partial charge on any atom is -0.313 e. The molecule has 0 rings (SSSR count). The third kappa shape index (κ3) is 7.80. The van der Waals surface area contributed by atoms with Crippen LogP contribution in [0.2, 0.25) is 0 Å². The van der Waals surface area contributed by atoms with Crippen LogP contribution in [0.25, 0.3) is 0 Å². The molecule has 0 amide bonds. The molecule has 1 N–H and O–H groups in total. The Hall–Kier alpha value is -0.0800. The Morgan fingerprint density at radius 1 is 1.20 bits per heavy atom. The number of hydrogen-bond donors (Lipinski definition) is 1. The van der Waals surface area contributed by atoms with Crippen LogP contribution >= 0.6 is 0 Å². The molecule has 0 radical (unpaired) electrons. The van der Waals surface area contributed by atoms with Gasteiger partial charge in [0.25, 0.3) is 0 Å². The van der Waals surface area contributed by atoms with Crippen molar-refractivity contribution in [3.63, 3.8) is 0 Å². The van der Waals surface area contributed by atoms with Gasteiger partial charge in [0.1, 0.15) is 0 Å². The van der Waals surface area contributed by atoms with Crippen LogP contribution < -0.4 is 5.32 Å². The van der Waals surface area contributed by atoms with Crippen LogP contribution in [-0.4, -0.2) is 37.1 Å². The van der Waals surface area contributed by atoms with E-state index in [9.17, 15) is 0 Å². The molecule has 0 aliphatic heterocycles. The molecule has 0 saturated heterocycles. The van der Waals surface area contributed by atoms with Gasteiger partial charge in [-0.2, -0.15) is 0 Å². The molecule has 2 atom stereocenters. The summed E-state index contributed by atoms with van der Waals surface area (Å²) in [6.07, 6.45) is 5.19. The van der Waals surface area contributed by atoms with Gasteiger partial charge < -0.3 is 10.2 Å². The fraction of sp³-hybridized carbons (Fsp3) is 1.00. The topological polar surface area (TPSA) is 15.3 Å². The average molecular weight is 214 g/mol. The molecule has 0 aliphatic rings. The number of likely N-dealkylation sites (N-methyl/N-ethyl adjacent to an activating group) is 1. The van der Waals surface area contributed by atoms with Crippen molar-refractivity contribution in [1.82, 2.24) is 10.2 Å². The van der Waals surface area contributed by atoms with Crippen LogP contribution in [0.5, 0.6) is 0 Å². The molecule has 0 saturated carbocycles. The Morgan fingerprint density at radius 2 is 1.87 bits per heavy atom. The van der Waals surface area contributed by atoms with E-state index < -0.39 is 0 Å². The first-order valence-corrected chi connectivity index (χ1v) is 6.55. The van der Waals surface area contributed by atoms with Gasteiger partial charge in [-0.25, -0.2) is 0 Å². The van der Waals surface area contributed by atoms with Crippen LogP contribution in [0.15, 0.2) is 0 Å². The van der Waals surface area contributed by atoms with E-state index >= 15 is 0 Å². The van der Waals surface area contributed by atoms with Gasteiger partial charge in [0.15, 0.2) is 0 Å². The van der Waals surface area contributed by atoms with Crippen LogP contribution in [0.4, 0.5) is 0 Å². The van der Waals surface area contributed by atoms with Gasteiger partial charge in [-0.05, 0) is 33.7 Å². The molecule has 0 aliphatic carbocycles. The SMILES string of the molecule is CCCCC(C)NCCN(C)C(C)CC. The molecule has 0 aromatic rings. The van der Waals surface area contributed by atoms with Crippen molar-refractivity contribution in [2.75, 3.05) is 20.1 Å². The van der Waals surface area contributed by atoms with Crippen molar-refractivity contribution in [2.24, 2.45) is 0 Å². The maximum Gasteiger partial charge on any atom is 0.0107 e. The minimum absolute atomic E-state index is 0.676. The quantitative estimate of drug-likeness (QED) is 0.635. The summed E-state index contributed by atoms with van der Waals surface area (Å²) in [5.41, 5.74) is 0. The zero-order valence-electron chi connectivity index (χ0n) is 11.3. The van der Waals surface area contributed by atoms with E-state index in [1.54, 1.807) is 0 Å². The lowest BCUT2D eigenvalue weighted by molar-refractivity contribution is 0.248. The van der Waals surface area contributed by atoms with E-state index in [0.29, 0.717) is 12.1 Å². The molecule has 0 heterocycles. The monoisotopic (exact) mass is 214 g/mol. The van der Waals surface area contributed by atoms with Crippen molar-refractivity contribution < 1.29 is 0 Å². The molecule has 2 heteroatoms. The lowest BCUT2D eigenvalue weighted by Gasteiger charge is -2.24. The summed E-state index contributed by atoms with van der Waals surface area (Å²) >= 11 is 0. The summed E-state index contributed by atoms with van der Waals surface area (Å²) in [5, 5.41) is 3.59. The highest BCUT2D eigenvalue weighted by molar-refractivity contribution is 4.65. The Bertz CT molecular complexity index is 136. The molecule has 0 aromatic heterocycles. The Kier molecular flexibility index (Phi) is 9.12. The van der Waals surface area contributed by atoms with Gasteiger partial charge in [-0.3, -0.25) is 0 Å². The van der Waals surface area contributed by atoms with Crippen molar-refractivity contribution in [3.05, 3.63) is 0 Å². The highest BCUT2D eigenvalue weighted by Gasteiger charge is 2.06. The zero-order chi connectivity index (χ0) is 11.7. The molecule has 0 bridgehead atoms. The largest absolute Gasteiger partial charge is 0.313 e. The lowest BCUT2D eigenvalue weighted by Crippen LogP contribution is -2.37. The summed E-state index contributed by atoms with van der Waals surface area (Å²) in [7, 11) is 2.21. The van der Waals surface area contributed by atoms with Crippen LogP contribution in [0.1, 0.15) is 53.4 Å². The number of nitrogens with one attached hydrogen (secondary N) is 1. The van der Waals surface area contributed by atoms with Crippen LogP contribution in [-0.2, 0) is 0 Å². The van der Waals surface area contributed by atoms with E-state index in [0.717, 1.165) is 13.1 Å². The van der Waals surface area contributed by atoms with E-state index in [4.69, 9.17) is 0 Å². The molecule has 2 unspecified atom stereocenters. The second-order valence-electron chi connectivity index (χ2n) is 4.74. The van der Waals surface area contributed by atoms with Crippen molar-refractivity contribution in [1.29, 1.82) is 0 Å². The fourth-order valence-corrected chi connectivity index (χ4v) is 1.63. The minimum atomic E-state index is 0.676. The summed E-state index contributed by atoms with van der Waals surface area (Å²) in [5.74, 6) is 0. The van der Waals surface area contributed by atoms with Gasteiger partial charge in [-0.1, -0.05) is 26.7 Å². The van der Waals surface area contributed by atoms with Crippen LogP contribution in [0, 0.1) is 0 Å². The molecule has 92 valence electrons. The maximum atomic E-state index is 3.59. The highest BCUT2D eigenvalue weighted by atomic mass is 15.1. The van der Waals surface area contributed by atoms with E-state index in [2.05, 4.69) is 45.0 Å². The third-order valence-corrected chi connectivity index (χ3v) is 3.29. The number of unbranched alkanes of at least 4 members (excludes halogenated alkanes) is 1. The Morgan fingerprint density at radius 3 is 2.40 bits per heavy atom. The van der Waals surface area contributed by atoms with Gasteiger partial charge >= 0.3 is 0 Å². The predicted molar refractivity (Wildman–Crippen MR) is 69.4 cm³/mol. The van der Waals surface area contributed by atoms with Gasteiger partial charge in [0.2, 0.25) is 0 Å². The fourth-order valence-electron chi connectivity index (χ4n) is 1.63. The molecule has 15 heavy (non-hydrogen) atoms. The first-order valence-electron chi connectivity index (χ1n) is 6.55. The summed E-state index contributed by atoms with van der Waals surface area (Å²) < 4.78 is 0. The summed E-state index contributed by atoms with van der Waals surface area (Å²) in [6, 6.07) is 1.38. The highest BCUT2D eigenvalue weighted by Crippen LogP contribution is 2.00. The smallest absolute Gasteiger partial charge is 0.0107 e. The number of rotatable bonds is 9. The lowest BCUT2D eigenvalue weighted by atomic mass is 10.1. The molecular weight excluding hydrogens is 184 g/mol. The first kappa shape index (κ1) is 14.9. The van der Waals surface area contributed by atoms with Gasteiger partial charge in [0, 0.05) is 25.2 Å².